The Balaban J connectivity index is 1.38. The first-order chi connectivity index (χ1) is 16.0. The van der Waals surface area contributed by atoms with Gasteiger partial charge in [0, 0.05) is 44.0 Å². The first-order valence-electron chi connectivity index (χ1n) is 10.8. The Morgan fingerprint density at radius 1 is 0.939 bits per heavy atom. The van der Waals surface area contributed by atoms with Crippen LogP contribution in [0.4, 0.5) is 5.82 Å². The Labute approximate surface area is 193 Å². The fourth-order valence-corrected chi connectivity index (χ4v) is 3.87. The molecule has 1 aliphatic rings. The summed E-state index contributed by atoms with van der Waals surface area (Å²) >= 11 is 0. The Kier molecular flexibility index (Phi) is 6.58. The average molecular weight is 449 g/mol. The average Bonchev–Trinajstić information content (AvgIpc) is 3.20. The molecule has 0 saturated carbocycles. The number of piperazine rings is 1. The maximum absolute atomic E-state index is 12.7. The molecule has 33 heavy (non-hydrogen) atoms. The molecule has 0 N–H and O–H groups in total. The number of hydrogen-bond acceptors (Lipinski definition) is 7. The number of rotatable bonds is 6. The van der Waals surface area contributed by atoms with Crippen molar-refractivity contribution in [1.29, 1.82) is 0 Å². The number of aryl methyl sites for hydroxylation is 2. The number of amides is 1. The van der Waals surface area contributed by atoms with Gasteiger partial charge in [0.05, 0.1) is 19.9 Å². The Morgan fingerprint density at radius 2 is 1.67 bits per heavy atom. The quantitative estimate of drug-likeness (QED) is 0.536. The van der Waals surface area contributed by atoms with Crippen LogP contribution in [0.25, 0.3) is 11.9 Å². The minimum atomic E-state index is -0.0181. The molecule has 3 aromatic rings. The lowest BCUT2D eigenvalue weighted by Gasteiger charge is -2.35. The smallest absolute Gasteiger partial charge is 0.246 e. The molecular formula is C24H28N6O3. The van der Waals surface area contributed by atoms with Crippen LogP contribution in [0.1, 0.15) is 17.0 Å². The van der Waals surface area contributed by atoms with Crippen molar-refractivity contribution < 1.29 is 14.3 Å². The van der Waals surface area contributed by atoms with E-state index in [4.69, 9.17) is 9.47 Å². The molecule has 1 aliphatic heterocycles. The molecular weight excluding hydrogens is 420 g/mol. The molecule has 0 atom stereocenters. The van der Waals surface area contributed by atoms with E-state index in [1.165, 1.54) is 0 Å². The molecule has 1 saturated heterocycles. The van der Waals surface area contributed by atoms with E-state index < -0.39 is 0 Å². The number of carbonyl (C=O) groups is 1. The summed E-state index contributed by atoms with van der Waals surface area (Å²) in [5.41, 5.74) is 2.84. The molecule has 0 aliphatic carbocycles. The molecule has 0 bridgehead atoms. The van der Waals surface area contributed by atoms with Crippen LogP contribution >= 0.6 is 0 Å². The predicted molar refractivity (Wildman–Crippen MR) is 126 cm³/mol. The van der Waals surface area contributed by atoms with E-state index in [0.29, 0.717) is 37.7 Å². The van der Waals surface area contributed by atoms with Gasteiger partial charge < -0.3 is 19.3 Å². The maximum atomic E-state index is 12.7. The minimum Gasteiger partial charge on any atom is -0.493 e. The van der Waals surface area contributed by atoms with E-state index in [9.17, 15) is 4.79 Å². The largest absolute Gasteiger partial charge is 0.493 e. The highest BCUT2D eigenvalue weighted by Crippen LogP contribution is 2.28. The van der Waals surface area contributed by atoms with Crippen molar-refractivity contribution in [2.75, 3.05) is 45.3 Å². The fourth-order valence-electron chi connectivity index (χ4n) is 3.87. The number of benzene rings is 1. The molecule has 3 heterocycles. The van der Waals surface area contributed by atoms with Crippen molar-refractivity contribution >= 4 is 17.8 Å². The number of ether oxygens (including phenoxy) is 2. The second kappa shape index (κ2) is 9.72. The zero-order chi connectivity index (χ0) is 23.4. The second-order valence-electron chi connectivity index (χ2n) is 7.83. The zero-order valence-corrected chi connectivity index (χ0v) is 19.4. The summed E-state index contributed by atoms with van der Waals surface area (Å²) in [5.74, 6) is 2.84. The lowest BCUT2D eigenvalue weighted by molar-refractivity contribution is -0.126. The topological polar surface area (TPSA) is 85.6 Å². The minimum absolute atomic E-state index is 0.0181. The van der Waals surface area contributed by atoms with Gasteiger partial charge in [-0.25, -0.2) is 14.6 Å². The van der Waals surface area contributed by atoms with Crippen molar-refractivity contribution in [3.05, 3.63) is 59.7 Å². The standard InChI is InChI=1S/C24H28N6O3/c1-17-13-18(2)30(27-17)23-15-22(25-16-26-23)28-9-11-29(12-10-28)24(31)8-6-19-5-7-20(32-3)21(14-19)33-4/h5-8,13-16H,9-12H2,1-4H3/b8-6+. The molecule has 1 fully saturated rings. The van der Waals surface area contributed by atoms with E-state index in [-0.39, 0.29) is 5.91 Å². The van der Waals surface area contributed by atoms with Gasteiger partial charge in [0.15, 0.2) is 17.3 Å². The molecule has 0 radical (unpaired) electrons. The molecule has 9 heteroatoms. The third kappa shape index (κ3) is 4.97. The monoisotopic (exact) mass is 448 g/mol. The number of methoxy groups -OCH3 is 2. The number of nitrogens with zero attached hydrogens (tertiary/aromatic N) is 6. The summed E-state index contributed by atoms with van der Waals surface area (Å²) in [6.07, 6.45) is 4.95. The van der Waals surface area contributed by atoms with Gasteiger partial charge in [-0.1, -0.05) is 6.07 Å². The highest BCUT2D eigenvalue weighted by Gasteiger charge is 2.21. The number of anilines is 1. The van der Waals surface area contributed by atoms with Crippen molar-refractivity contribution in [2.45, 2.75) is 13.8 Å². The fraction of sp³-hybridized carbons (Fsp3) is 0.333. The molecule has 4 rings (SSSR count). The molecule has 1 aromatic carbocycles. The van der Waals surface area contributed by atoms with Crippen LogP contribution in [-0.2, 0) is 4.79 Å². The molecule has 1 amide bonds. The molecule has 9 nitrogen and oxygen atoms in total. The van der Waals surface area contributed by atoms with Crippen LogP contribution in [0.15, 0.2) is 42.7 Å². The normalized spacial score (nSPS) is 14.1. The first-order valence-corrected chi connectivity index (χ1v) is 10.8. The van der Waals surface area contributed by atoms with Gasteiger partial charge >= 0.3 is 0 Å². The lowest BCUT2D eigenvalue weighted by Crippen LogP contribution is -2.48. The third-order valence-corrected chi connectivity index (χ3v) is 5.61. The van der Waals surface area contributed by atoms with Crippen LogP contribution in [-0.4, -0.2) is 71.0 Å². The van der Waals surface area contributed by atoms with Gasteiger partial charge in [0.25, 0.3) is 0 Å². The maximum Gasteiger partial charge on any atom is 0.246 e. The van der Waals surface area contributed by atoms with Crippen LogP contribution in [0.3, 0.4) is 0 Å². The van der Waals surface area contributed by atoms with E-state index in [1.807, 2.05) is 53.8 Å². The highest BCUT2D eigenvalue weighted by atomic mass is 16.5. The zero-order valence-electron chi connectivity index (χ0n) is 19.4. The highest BCUT2D eigenvalue weighted by molar-refractivity contribution is 5.92. The summed E-state index contributed by atoms with van der Waals surface area (Å²) in [4.78, 5) is 25.5. The van der Waals surface area contributed by atoms with Crippen LogP contribution in [0.5, 0.6) is 11.5 Å². The predicted octanol–water partition coefficient (Wildman–Crippen LogP) is 2.66. The second-order valence-corrected chi connectivity index (χ2v) is 7.83. The summed E-state index contributed by atoms with van der Waals surface area (Å²) < 4.78 is 12.4. The molecule has 2 aromatic heterocycles. The summed E-state index contributed by atoms with van der Waals surface area (Å²) in [6.45, 7) is 6.60. The summed E-state index contributed by atoms with van der Waals surface area (Å²) in [5, 5.41) is 4.50. The molecule has 0 unspecified atom stereocenters. The van der Waals surface area contributed by atoms with Crippen molar-refractivity contribution in [2.24, 2.45) is 0 Å². The van der Waals surface area contributed by atoms with Crippen molar-refractivity contribution in [3.63, 3.8) is 0 Å². The number of aromatic nitrogens is 4. The van der Waals surface area contributed by atoms with Gasteiger partial charge in [-0.3, -0.25) is 4.79 Å². The van der Waals surface area contributed by atoms with Crippen molar-refractivity contribution in [1.82, 2.24) is 24.6 Å². The number of carbonyl (C=O) groups excluding carboxylic acids is 1. The van der Waals surface area contributed by atoms with Crippen molar-refractivity contribution in [3.8, 4) is 17.3 Å². The Morgan fingerprint density at radius 3 is 2.33 bits per heavy atom. The van der Waals surface area contributed by atoms with Crippen LogP contribution in [0.2, 0.25) is 0 Å². The number of hydrogen-bond donors (Lipinski definition) is 0. The lowest BCUT2D eigenvalue weighted by atomic mass is 10.2. The van der Waals surface area contributed by atoms with Gasteiger partial charge in [0.1, 0.15) is 12.1 Å². The Bertz CT molecular complexity index is 1160. The van der Waals surface area contributed by atoms with E-state index in [0.717, 1.165) is 28.6 Å². The van der Waals surface area contributed by atoms with E-state index >= 15 is 0 Å². The summed E-state index contributed by atoms with van der Waals surface area (Å²) in [7, 11) is 3.19. The van der Waals surface area contributed by atoms with Gasteiger partial charge in [0.2, 0.25) is 5.91 Å². The third-order valence-electron chi connectivity index (χ3n) is 5.61. The molecule has 172 valence electrons. The molecule has 0 spiro atoms. The van der Waals surface area contributed by atoms with Crippen LogP contribution in [0, 0.1) is 13.8 Å². The van der Waals surface area contributed by atoms with Gasteiger partial charge in [-0.05, 0) is 43.7 Å². The SMILES string of the molecule is COc1ccc(/C=C/C(=O)N2CCN(c3cc(-n4nc(C)cc4C)ncn3)CC2)cc1OC. The Hall–Kier alpha value is -3.88. The van der Waals surface area contributed by atoms with Gasteiger partial charge in [-0.2, -0.15) is 5.10 Å². The van der Waals surface area contributed by atoms with Crippen LogP contribution < -0.4 is 14.4 Å². The first kappa shape index (κ1) is 22.3. The van der Waals surface area contributed by atoms with E-state index in [1.54, 1.807) is 32.7 Å². The summed E-state index contributed by atoms with van der Waals surface area (Å²) in [6, 6.07) is 9.51. The van der Waals surface area contributed by atoms with E-state index in [2.05, 4.69) is 20.0 Å². The van der Waals surface area contributed by atoms with Gasteiger partial charge in [-0.15, -0.1) is 0 Å².